The average Bonchev–Trinajstić information content (AvgIpc) is 2.37. The molecule has 4 nitrogen and oxygen atoms in total. The standard InChI is InChI=1S/C13H13Cl2N3OS/c1-6-10(12(19)16-2)11(18-13(20)17-6)8-4-3-7(14)5-9(8)15/h3-5,11H,1-2H3,(H,16,19)(H2,17,18,20)/t11-/m1/s1. The highest BCUT2D eigenvalue weighted by atomic mass is 35.5. The van der Waals surface area contributed by atoms with Crippen LogP contribution in [-0.4, -0.2) is 18.1 Å². The number of hydrogen-bond acceptors (Lipinski definition) is 2. The fourth-order valence-electron chi connectivity index (χ4n) is 2.10. The van der Waals surface area contributed by atoms with Gasteiger partial charge in [0, 0.05) is 22.8 Å². The van der Waals surface area contributed by atoms with Crippen molar-refractivity contribution in [3.8, 4) is 0 Å². The van der Waals surface area contributed by atoms with E-state index in [1.165, 1.54) is 0 Å². The van der Waals surface area contributed by atoms with E-state index in [2.05, 4.69) is 16.0 Å². The molecule has 0 spiro atoms. The van der Waals surface area contributed by atoms with Gasteiger partial charge in [-0.1, -0.05) is 29.3 Å². The molecule has 0 fully saturated rings. The Morgan fingerprint density at radius 3 is 2.70 bits per heavy atom. The second kappa shape index (κ2) is 5.99. The Balaban J connectivity index is 2.54. The first-order valence-electron chi connectivity index (χ1n) is 5.89. The Morgan fingerprint density at radius 1 is 1.40 bits per heavy atom. The van der Waals surface area contributed by atoms with E-state index in [9.17, 15) is 4.79 Å². The Labute approximate surface area is 132 Å². The molecule has 0 radical (unpaired) electrons. The van der Waals surface area contributed by atoms with Crippen LogP contribution in [0, 0.1) is 0 Å². The van der Waals surface area contributed by atoms with Crippen molar-refractivity contribution in [2.75, 3.05) is 7.05 Å². The molecule has 0 unspecified atom stereocenters. The quantitative estimate of drug-likeness (QED) is 0.730. The summed E-state index contributed by atoms with van der Waals surface area (Å²) in [4.78, 5) is 12.1. The molecule has 0 aliphatic carbocycles. The number of carbonyl (C=O) groups is 1. The molecular formula is C13H13Cl2N3OS. The van der Waals surface area contributed by atoms with Gasteiger partial charge in [0.25, 0.3) is 5.91 Å². The number of benzene rings is 1. The first kappa shape index (κ1) is 15.1. The fourth-order valence-corrected chi connectivity index (χ4v) is 2.89. The number of likely N-dealkylation sites (N-methyl/N-ethyl adjacent to an activating group) is 1. The van der Waals surface area contributed by atoms with Crippen LogP contribution < -0.4 is 16.0 Å². The Morgan fingerprint density at radius 2 is 2.10 bits per heavy atom. The summed E-state index contributed by atoms with van der Waals surface area (Å²) >= 11 is 17.3. The zero-order valence-corrected chi connectivity index (χ0v) is 13.2. The van der Waals surface area contributed by atoms with Crippen LogP contribution in [0.15, 0.2) is 29.5 Å². The van der Waals surface area contributed by atoms with Gasteiger partial charge in [0.05, 0.1) is 11.6 Å². The summed E-state index contributed by atoms with van der Waals surface area (Å²) in [6.07, 6.45) is 0. The molecule has 0 aromatic heterocycles. The smallest absolute Gasteiger partial charge is 0.251 e. The number of carbonyl (C=O) groups excluding carboxylic acids is 1. The van der Waals surface area contributed by atoms with Gasteiger partial charge in [-0.3, -0.25) is 4.79 Å². The molecular weight excluding hydrogens is 317 g/mol. The lowest BCUT2D eigenvalue weighted by molar-refractivity contribution is -0.117. The Hall–Kier alpha value is -1.30. The molecule has 1 aliphatic rings. The number of amides is 1. The lowest BCUT2D eigenvalue weighted by Crippen LogP contribution is -2.46. The lowest BCUT2D eigenvalue weighted by Gasteiger charge is -2.30. The van der Waals surface area contributed by atoms with E-state index >= 15 is 0 Å². The summed E-state index contributed by atoms with van der Waals surface area (Å²) in [7, 11) is 1.58. The highest BCUT2D eigenvalue weighted by Gasteiger charge is 2.30. The van der Waals surface area contributed by atoms with E-state index in [1.54, 1.807) is 32.2 Å². The number of allylic oxidation sites excluding steroid dienone is 1. The first-order chi connectivity index (χ1) is 9.43. The molecule has 1 atom stereocenters. The molecule has 0 bridgehead atoms. The van der Waals surface area contributed by atoms with Gasteiger partial charge in [0.2, 0.25) is 0 Å². The molecule has 7 heteroatoms. The Bertz CT molecular complexity index is 616. The minimum Gasteiger partial charge on any atom is -0.355 e. The molecule has 1 amide bonds. The molecule has 1 aromatic carbocycles. The molecule has 20 heavy (non-hydrogen) atoms. The van der Waals surface area contributed by atoms with E-state index in [4.69, 9.17) is 35.4 Å². The van der Waals surface area contributed by atoms with Crippen molar-refractivity contribution in [2.24, 2.45) is 0 Å². The SMILES string of the molecule is CNC(=O)C1=C(C)NC(=S)N[C@@H]1c1ccc(Cl)cc1Cl. The van der Waals surface area contributed by atoms with Crippen LogP contribution >= 0.6 is 35.4 Å². The van der Waals surface area contributed by atoms with Crippen molar-refractivity contribution >= 4 is 46.4 Å². The Kier molecular flexibility index (Phi) is 4.52. The van der Waals surface area contributed by atoms with Gasteiger partial charge in [0.15, 0.2) is 5.11 Å². The number of halogens is 2. The van der Waals surface area contributed by atoms with Gasteiger partial charge in [-0.05, 0) is 36.8 Å². The second-order valence-electron chi connectivity index (χ2n) is 4.32. The van der Waals surface area contributed by atoms with Crippen LogP contribution in [-0.2, 0) is 4.79 Å². The fraction of sp³-hybridized carbons (Fsp3) is 0.231. The zero-order chi connectivity index (χ0) is 14.9. The highest BCUT2D eigenvalue weighted by Crippen LogP contribution is 2.33. The minimum atomic E-state index is -0.409. The van der Waals surface area contributed by atoms with Gasteiger partial charge < -0.3 is 16.0 Å². The third kappa shape index (κ3) is 2.90. The van der Waals surface area contributed by atoms with Crippen molar-refractivity contribution in [3.63, 3.8) is 0 Å². The summed E-state index contributed by atoms with van der Waals surface area (Å²) in [6.45, 7) is 1.80. The normalized spacial score (nSPS) is 18.4. The van der Waals surface area contributed by atoms with E-state index < -0.39 is 6.04 Å². The van der Waals surface area contributed by atoms with Gasteiger partial charge in [-0.25, -0.2) is 0 Å². The number of nitrogens with one attached hydrogen (secondary N) is 3. The van der Waals surface area contributed by atoms with Crippen molar-refractivity contribution < 1.29 is 4.79 Å². The monoisotopic (exact) mass is 329 g/mol. The van der Waals surface area contributed by atoms with Crippen LogP contribution in [0.5, 0.6) is 0 Å². The van der Waals surface area contributed by atoms with Crippen molar-refractivity contribution in [3.05, 3.63) is 45.1 Å². The molecule has 106 valence electrons. The van der Waals surface area contributed by atoms with Crippen LogP contribution in [0.2, 0.25) is 10.0 Å². The summed E-state index contributed by atoms with van der Waals surface area (Å²) in [6, 6.07) is 4.74. The van der Waals surface area contributed by atoms with E-state index in [0.717, 1.165) is 5.56 Å². The number of hydrogen-bond donors (Lipinski definition) is 3. The predicted molar refractivity (Wildman–Crippen MR) is 84.8 cm³/mol. The first-order valence-corrected chi connectivity index (χ1v) is 7.05. The van der Waals surface area contributed by atoms with Crippen LogP contribution in [0.1, 0.15) is 18.5 Å². The predicted octanol–water partition coefficient (Wildman–Crippen LogP) is 2.53. The van der Waals surface area contributed by atoms with Crippen LogP contribution in [0.4, 0.5) is 0 Å². The molecule has 2 rings (SSSR count). The van der Waals surface area contributed by atoms with Gasteiger partial charge in [0.1, 0.15) is 0 Å². The van der Waals surface area contributed by atoms with E-state index in [0.29, 0.717) is 26.4 Å². The topological polar surface area (TPSA) is 53.2 Å². The molecule has 0 saturated heterocycles. The maximum Gasteiger partial charge on any atom is 0.251 e. The summed E-state index contributed by atoms with van der Waals surface area (Å²) < 4.78 is 0. The maximum atomic E-state index is 12.1. The van der Waals surface area contributed by atoms with Gasteiger partial charge in [-0.15, -0.1) is 0 Å². The lowest BCUT2D eigenvalue weighted by atomic mass is 9.95. The average molecular weight is 330 g/mol. The molecule has 3 N–H and O–H groups in total. The van der Waals surface area contributed by atoms with Crippen molar-refractivity contribution in [1.82, 2.24) is 16.0 Å². The maximum absolute atomic E-state index is 12.1. The number of rotatable bonds is 2. The third-order valence-electron chi connectivity index (χ3n) is 3.01. The molecule has 1 aromatic rings. The molecule has 1 heterocycles. The van der Waals surface area contributed by atoms with Crippen LogP contribution in [0.3, 0.4) is 0 Å². The van der Waals surface area contributed by atoms with Crippen LogP contribution in [0.25, 0.3) is 0 Å². The van der Waals surface area contributed by atoms with E-state index in [-0.39, 0.29) is 5.91 Å². The van der Waals surface area contributed by atoms with Crippen molar-refractivity contribution in [1.29, 1.82) is 0 Å². The largest absolute Gasteiger partial charge is 0.355 e. The van der Waals surface area contributed by atoms with E-state index in [1.807, 2.05) is 0 Å². The van der Waals surface area contributed by atoms with Crippen molar-refractivity contribution in [2.45, 2.75) is 13.0 Å². The second-order valence-corrected chi connectivity index (χ2v) is 5.57. The molecule has 0 saturated carbocycles. The zero-order valence-electron chi connectivity index (χ0n) is 10.9. The summed E-state index contributed by atoms with van der Waals surface area (Å²) in [5.74, 6) is -0.194. The highest BCUT2D eigenvalue weighted by molar-refractivity contribution is 7.80. The van der Waals surface area contributed by atoms with Gasteiger partial charge >= 0.3 is 0 Å². The summed E-state index contributed by atoms with van der Waals surface area (Å²) in [5, 5.41) is 10.1. The minimum absolute atomic E-state index is 0.194. The molecule has 1 aliphatic heterocycles. The number of thiocarbonyl (C=S) groups is 1. The summed E-state index contributed by atoms with van der Waals surface area (Å²) in [5.41, 5.74) is 1.99. The van der Waals surface area contributed by atoms with Gasteiger partial charge in [-0.2, -0.15) is 0 Å². The third-order valence-corrected chi connectivity index (χ3v) is 3.80.